The summed E-state index contributed by atoms with van der Waals surface area (Å²) in [6.45, 7) is 29.0. The molecule has 0 atom stereocenters. The van der Waals surface area contributed by atoms with Crippen LogP contribution in [0.4, 0.5) is 0 Å². The van der Waals surface area contributed by atoms with Crippen molar-refractivity contribution in [2.75, 3.05) is 0 Å². The first-order valence-corrected chi connectivity index (χ1v) is 49.9. The van der Waals surface area contributed by atoms with E-state index in [9.17, 15) is 0 Å². The summed E-state index contributed by atoms with van der Waals surface area (Å²) in [5.41, 5.74) is 4.97. The maximum atomic E-state index is 19.6. The Bertz CT molecular complexity index is 4970. The van der Waals surface area contributed by atoms with Gasteiger partial charge in [0.15, 0.2) is 0 Å². The van der Waals surface area contributed by atoms with Crippen LogP contribution in [0, 0.1) is 104 Å². The second-order valence-corrected chi connectivity index (χ2v) is 43.7. The predicted octanol–water partition coefficient (Wildman–Crippen LogP) is 24.4. The third kappa shape index (κ3) is 16.2. The molecule has 0 saturated carbocycles. The molecule has 15 aromatic carbocycles. The first-order chi connectivity index (χ1) is 60.4. The summed E-state index contributed by atoms with van der Waals surface area (Å²) >= 11 is -10.7. The molecule has 0 aliphatic rings. The van der Waals surface area contributed by atoms with Gasteiger partial charge in [-0.05, 0) is 0 Å². The first-order valence-electron chi connectivity index (χ1n) is 42.8. The topological polar surface area (TPSA) is 132 Å². The predicted molar refractivity (Wildman–Crippen MR) is 503 cm³/mol. The van der Waals surface area contributed by atoms with E-state index in [-0.39, 0.29) is 0 Å². The Labute approximate surface area is 745 Å². The molecule has 0 aliphatic carbocycles. The number of benzene rings is 15. The van der Waals surface area contributed by atoms with E-state index in [0.717, 1.165) is 83.5 Å². The van der Waals surface area contributed by atoms with Gasteiger partial charge >= 0.3 is 751 Å². The standard InChI is InChI=1S/5C23H22O2.Bi/c5*1-16-4-10-19(11-5-16)23(22(24)25,20-12-6-17(2)7-13-20)21-14-8-18(3)9-15-21;/h5*4-15H,1-3H3,(H,24,25);/q;;;;;+5/p-5. The number of hydrogen-bond acceptors (Lipinski definition) is 10. The molecule has 0 saturated heterocycles. The fourth-order valence-electron chi connectivity index (χ4n) is 17.5. The molecule has 10 nitrogen and oxygen atoms in total. The van der Waals surface area contributed by atoms with Crippen molar-refractivity contribution in [3.8, 4) is 0 Å². The Morgan fingerprint density at radius 2 is 0.198 bits per heavy atom. The van der Waals surface area contributed by atoms with E-state index in [1.807, 2.05) is 468 Å². The molecular weight excluding hydrogens is 1750 g/mol. The van der Waals surface area contributed by atoms with Gasteiger partial charge in [0.05, 0.1) is 0 Å². The van der Waals surface area contributed by atoms with Gasteiger partial charge in [-0.15, -0.1) is 0 Å². The van der Waals surface area contributed by atoms with Gasteiger partial charge in [-0.25, -0.2) is 0 Å². The SMILES string of the molecule is Cc1ccc(C(C(=O)[O][Bi]([O]C(=O)C(c2ccc(C)cc2)(c2ccc(C)cc2)c2ccc(C)cc2)([O]C(=O)C(c2ccc(C)cc2)(c2ccc(C)cc2)c2ccc(C)cc2)([O]C(=O)C(c2ccc(C)cc2)(c2ccc(C)cc2)c2ccc(C)cc2)[O]C(=O)C(c2ccc(C)cc2)(c2ccc(C)cc2)c2ccc(C)cc2)(c2ccc(C)cc2)c2ccc(C)cc2)cc1. The molecule has 0 heterocycles. The van der Waals surface area contributed by atoms with Crippen molar-refractivity contribution in [2.24, 2.45) is 0 Å². The van der Waals surface area contributed by atoms with Crippen LogP contribution in [-0.4, -0.2) is 50.8 Å². The molecule has 0 aromatic heterocycles. The van der Waals surface area contributed by atoms with Crippen molar-refractivity contribution in [3.05, 3.63) is 531 Å². The molecule has 126 heavy (non-hydrogen) atoms. The van der Waals surface area contributed by atoms with Gasteiger partial charge in [0, 0.05) is 0 Å². The van der Waals surface area contributed by atoms with Gasteiger partial charge in [0.1, 0.15) is 0 Å². The zero-order valence-corrected chi connectivity index (χ0v) is 77.6. The van der Waals surface area contributed by atoms with Crippen LogP contribution in [0.3, 0.4) is 0 Å². The van der Waals surface area contributed by atoms with Crippen molar-refractivity contribution in [3.63, 3.8) is 0 Å². The Hall–Kier alpha value is -13.5. The average molecular weight is 1860 g/mol. The van der Waals surface area contributed by atoms with Crippen LogP contribution in [0.1, 0.15) is 167 Å². The van der Waals surface area contributed by atoms with E-state index >= 15 is 24.0 Å². The number of carbonyl (C=O) groups excluding carboxylic acids is 5. The molecule has 630 valence electrons. The molecule has 15 aromatic rings. The zero-order chi connectivity index (χ0) is 89.1. The Morgan fingerprint density at radius 1 is 0.135 bits per heavy atom. The summed E-state index contributed by atoms with van der Waals surface area (Å²) in [4.78, 5) is 98.1. The first kappa shape index (κ1) is 87.4. The number of carbonyl (C=O) groups is 5. The van der Waals surface area contributed by atoms with Crippen molar-refractivity contribution in [1.29, 1.82) is 0 Å². The van der Waals surface area contributed by atoms with Crippen LogP contribution < -0.4 is 0 Å². The minimum absolute atomic E-state index is 0.292. The third-order valence-electron chi connectivity index (χ3n) is 25.0. The molecule has 15 rings (SSSR count). The monoisotopic (exact) mass is 1850 g/mol. The normalized spacial score (nSPS) is 12.3. The maximum absolute atomic E-state index is 19.6. The zero-order valence-electron chi connectivity index (χ0n) is 74.2. The van der Waals surface area contributed by atoms with E-state index in [4.69, 9.17) is 14.1 Å². The van der Waals surface area contributed by atoms with Gasteiger partial charge in [-0.2, -0.15) is 0 Å². The van der Waals surface area contributed by atoms with Gasteiger partial charge in [-0.3, -0.25) is 0 Å². The number of hydrogen-bond donors (Lipinski definition) is 0. The molecule has 11 heteroatoms. The van der Waals surface area contributed by atoms with E-state index in [1.165, 1.54) is 0 Å². The van der Waals surface area contributed by atoms with E-state index in [0.29, 0.717) is 83.5 Å². The molecule has 0 aliphatic heterocycles. The van der Waals surface area contributed by atoms with Crippen molar-refractivity contribution >= 4 is 50.8 Å². The van der Waals surface area contributed by atoms with Crippen molar-refractivity contribution in [1.82, 2.24) is 0 Å². The number of aryl methyl sites for hydroxylation is 15. The molecule has 0 spiro atoms. The minimum atomic E-state index is -10.7. The third-order valence-corrected chi connectivity index (χ3v) is 34.0. The van der Waals surface area contributed by atoms with E-state index in [2.05, 4.69) is 0 Å². The second-order valence-electron chi connectivity index (χ2n) is 34.4. The van der Waals surface area contributed by atoms with Gasteiger partial charge < -0.3 is 0 Å². The van der Waals surface area contributed by atoms with Crippen molar-refractivity contribution < 1.29 is 38.0 Å². The van der Waals surface area contributed by atoms with E-state index in [1.54, 1.807) is 0 Å². The summed E-state index contributed by atoms with van der Waals surface area (Å²) in [6, 6.07) is 111. The van der Waals surface area contributed by atoms with Gasteiger partial charge in [0.25, 0.3) is 0 Å². The average Bonchev–Trinajstić information content (AvgIpc) is 0.687. The quantitative estimate of drug-likeness (QED) is 0.0402. The molecule has 0 fully saturated rings. The van der Waals surface area contributed by atoms with E-state index < -0.39 is 77.9 Å². The summed E-state index contributed by atoms with van der Waals surface area (Å²) in [6.07, 6.45) is 0. The molecular formula is C115H105BiO10. The second kappa shape index (κ2) is 35.3. The fraction of sp³-hybridized carbons (Fsp3) is 0.174. The van der Waals surface area contributed by atoms with Crippen molar-refractivity contribution in [2.45, 2.75) is 131 Å². The molecule has 0 amide bonds. The van der Waals surface area contributed by atoms with Crippen LogP contribution in [0.25, 0.3) is 0 Å². The van der Waals surface area contributed by atoms with Crippen LogP contribution in [-0.2, 0) is 65.1 Å². The van der Waals surface area contributed by atoms with Gasteiger partial charge in [-0.1, -0.05) is 0 Å². The fourth-order valence-corrected chi connectivity index (χ4v) is 26.9. The molecule has 0 bridgehead atoms. The molecule has 0 radical (unpaired) electrons. The van der Waals surface area contributed by atoms with Crippen LogP contribution >= 0.6 is 0 Å². The van der Waals surface area contributed by atoms with Crippen LogP contribution in [0.15, 0.2) is 364 Å². The number of rotatable bonds is 25. The van der Waals surface area contributed by atoms with Crippen LogP contribution in [0.2, 0.25) is 0 Å². The molecule has 0 N–H and O–H groups in total. The Balaban J connectivity index is 1.24. The summed E-state index contributed by atoms with van der Waals surface area (Å²) in [5, 5.41) is 0. The summed E-state index contributed by atoms with van der Waals surface area (Å²) < 4.78 is 41.9. The van der Waals surface area contributed by atoms with Gasteiger partial charge in [0.2, 0.25) is 0 Å². The Kier molecular flexibility index (Phi) is 24.5. The Morgan fingerprint density at radius 3 is 0.262 bits per heavy atom. The summed E-state index contributed by atoms with van der Waals surface area (Å²) in [5.74, 6) is -6.79. The van der Waals surface area contributed by atoms with Crippen LogP contribution in [0.5, 0.6) is 0 Å². The summed E-state index contributed by atoms with van der Waals surface area (Å²) in [7, 11) is 0. The molecule has 0 unspecified atom stereocenters.